The largest absolute Gasteiger partial charge is 0.433 e. The number of hydrogen-bond donors (Lipinski definition) is 0. The molecule has 2 aromatic rings. The molecule has 2 fully saturated rings. The van der Waals surface area contributed by atoms with Gasteiger partial charge < -0.3 is 4.74 Å². The van der Waals surface area contributed by atoms with Crippen molar-refractivity contribution < 1.29 is 17.9 Å². The summed E-state index contributed by atoms with van der Waals surface area (Å²) in [5.74, 6) is 1.66. The lowest BCUT2D eigenvalue weighted by atomic mass is 10.1. The Morgan fingerprint density at radius 1 is 1.13 bits per heavy atom. The standard InChI is InChI=1S/C21H28F3N5O/c1-14(2)29-20(15-4-6-17(12-15)28-8-3-10-30-11-9-28)26-19(27-29)16-5-7-18(25-13-16)21(22,23)24/h5,7,13-15,17H,3-4,6,8-12H2,1-2H3/t15-,17+/m1/s1. The van der Waals surface area contributed by atoms with Crippen LogP contribution in [0.4, 0.5) is 13.2 Å². The van der Waals surface area contributed by atoms with E-state index >= 15 is 0 Å². The molecule has 2 aromatic heterocycles. The number of alkyl halides is 3. The van der Waals surface area contributed by atoms with Gasteiger partial charge in [0.1, 0.15) is 11.5 Å². The zero-order valence-electron chi connectivity index (χ0n) is 17.4. The van der Waals surface area contributed by atoms with Crippen molar-refractivity contribution in [3.05, 3.63) is 29.8 Å². The molecule has 0 aromatic carbocycles. The normalized spacial score (nSPS) is 23.8. The van der Waals surface area contributed by atoms with Crippen LogP contribution in [0, 0.1) is 0 Å². The fourth-order valence-electron chi connectivity index (χ4n) is 4.46. The minimum absolute atomic E-state index is 0.120. The molecule has 30 heavy (non-hydrogen) atoms. The number of halogens is 3. The van der Waals surface area contributed by atoms with Gasteiger partial charge >= 0.3 is 6.18 Å². The Morgan fingerprint density at radius 2 is 1.97 bits per heavy atom. The molecule has 0 amide bonds. The first-order valence-corrected chi connectivity index (χ1v) is 10.6. The minimum atomic E-state index is -4.45. The zero-order chi connectivity index (χ0) is 21.3. The Bertz CT molecular complexity index is 841. The van der Waals surface area contributed by atoms with Crippen LogP contribution in [0.2, 0.25) is 0 Å². The molecule has 3 heterocycles. The Hall–Kier alpha value is -2.00. The quantitative estimate of drug-likeness (QED) is 0.734. The van der Waals surface area contributed by atoms with E-state index in [9.17, 15) is 13.2 Å². The number of hydrogen-bond acceptors (Lipinski definition) is 5. The van der Waals surface area contributed by atoms with Gasteiger partial charge in [-0.1, -0.05) is 0 Å². The molecule has 2 atom stereocenters. The Morgan fingerprint density at radius 3 is 2.67 bits per heavy atom. The van der Waals surface area contributed by atoms with Gasteiger partial charge in [-0.15, -0.1) is 0 Å². The average molecular weight is 423 g/mol. The van der Waals surface area contributed by atoms with Gasteiger partial charge in [-0.25, -0.2) is 9.67 Å². The minimum Gasteiger partial charge on any atom is -0.380 e. The second-order valence-corrected chi connectivity index (χ2v) is 8.43. The molecule has 6 nitrogen and oxygen atoms in total. The number of pyridine rings is 1. The predicted molar refractivity (Wildman–Crippen MR) is 106 cm³/mol. The molecule has 1 saturated carbocycles. The second-order valence-electron chi connectivity index (χ2n) is 8.43. The molecule has 1 aliphatic carbocycles. The lowest BCUT2D eigenvalue weighted by molar-refractivity contribution is -0.141. The third-order valence-electron chi connectivity index (χ3n) is 6.00. The molecule has 0 unspecified atom stereocenters. The van der Waals surface area contributed by atoms with Gasteiger partial charge in [0.05, 0.1) is 6.61 Å². The van der Waals surface area contributed by atoms with Gasteiger partial charge in [0, 0.05) is 49.5 Å². The van der Waals surface area contributed by atoms with E-state index in [0.717, 1.165) is 63.9 Å². The van der Waals surface area contributed by atoms with Crippen LogP contribution in [-0.2, 0) is 10.9 Å². The van der Waals surface area contributed by atoms with Crippen molar-refractivity contribution in [3.63, 3.8) is 0 Å². The molecular formula is C21H28F3N5O. The van der Waals surface area contributed by atoms with Gasteiger partial charge in [0.25, 0.3) is 0 Å². The van der Waals surface area contributed by atoms with Crippen molar-refractivity contribution in [1.82, 2.24) is 24.6 Å². The summed E-state index contributed by atoms with van der Waals surface area (Å²) >= 11 is 0. The third kappa shape index (κ3) is 4.51. The maximum Gasteiger partial charge on any atom is 0.433 e. The van der Waals surface area contributed by atoms with E-state index < -0.39 is 11.9 Å². The van der Waals surface area contributed by atoms with Crippen molar-refractivity contribution in [2.45, 2.75) is 63.7 Å². The number of nitrogens with zero attached hydrogens (tertiary/aromatic N) is 5. The monoisotopic (exact) mass is 423 g/mol. The summed E-state index contributed by atoms with van der Waals surface area (Å²) in [5, 5.41) is 4.62. The number of aromatic nitrogens is 4. The topological polar surface area (TPSA) is 56.1 Å². The molecule has 9 heteroatoms. The lowest BCUT2D eigenvalue weighted by Gasteiger charge is -2.26. The Labute approximate surface area is 174 Å². The first-order chi connectivity index (χ1) is 14.3. The smallest absolute Gasteiger partial charge is 0.380 e. The maximum absolute atomic E-state index is 12.8. The molecule has 0 spiro atoms. The zero-order valence-corrected chi connectivity index (χ0v) is 17.4. The number of rotatable bonds is 4. The van der Waals surface area contributed by atoms with E-state index in [1.54, 1.807) is 0 Å². The summed E-state index contributed by atoms with van der Waals surface area (Å²) in [6.07, 6.45) is 1.00. The fourth-order valence-corrected chi connectivity index (χ4v) is 4.46. The van der Waals surface area contributed by atoms with Crippen LogP contribution in [0.15, 0.2) is 18.3 Å². The SMILES string of the molecule is CC(C)n1nc(-c2ccc(C(F)(F)F)nc2)nc1[C@@H]1CC[C@H](N2CCCOCC2)C1. The van der Waals surface area contributed by atoms with Crippen LogP contribution >= 0.6 is 0 Å². The highest BCUT2D eigenvalue weighted by molar-refractivity contribution is 5.53. The van der Waals surface area contributed by atoms with Crippen LogP contribution in [0.5, 0.6) is 0 Å². The van der Waals surface area contributed by atoms with E-state index in [4.69, 9.17) is 9.72 Å². The van der Waals surface area contributed by atoms with Crippen LogP contribution in [0.25, 0.3) is 11.4 Å². The van der Waals surface area contributed by atoms with Gasteiger partial charge in [0.15, 0.2) is 5.82 Å². The highest BCUT2D eigenvalue weighted by Crippen LogP contribution is 2.38. The molecule has 4 rings (SSSR count). The maximum atomic E-state index is 12.8. The lowest BCUT2D eigenvalue weighted by Crippen LogP contribution is -2.35. The first kappa shape index (κ1) is 21.2. The fraction of sp³-hybridized carbons (Fsp3) is 0.667. The van der Waals surface area contributed by atoms with E-state index in [2.05, 4.69) is 15.0 Å². The van der Waals surface area contributed by atoms with E-state index in [1.165, 1.54) is 12.3 Å². The molecule has 0 bridgehead atoms. The summed E-state index contributed by atoms with van der Waals surface area (Å²) in [6, 6.07) is 3.02. The van der Waals surface area contributed by atoms with Crippen molar-refractivity contribution in [1.29, 1.82) is 0 Å². The van der Waals surface area contributed by atoms with Crippen LogP contribution in [0.3, 0.4) is 0 Å². The van der Waals surface area contributed by atoms with Gasteiger partial charge in [0.2, 0.25) is 0 Å². The summed E-state index contributed by atoms with van der Waals surface area (Å²) in [7, 11) is 0. The van der Waals surface area contributed by atoms with Crippen LogP contribution in [-0.4, -0.2) is 57.0 Å². The molecule has 1 aliphatic heterocycles. The summed E-state index contributed by atoms with van der Waals surface area (Å²) in [6.45, 7) is 7.75. The van der Waals surface area contributed by atoms with E-state index in [0.29, 0.717) is 23.3 Å². The Kier molecular flexibility index (Phi) is 6.11. The van der Waals surface area contributed by atoms with Crippen molar-refractivity contribution in [3.8, 4) is 11.4 Å². The van der Waals surface area contributed by atoms with Crippen LogP contribution in [0.1, 0.15) is 63.0 Å². The van der Waals surface area contributed by atoms with E-state index in [-0.39, 0.29) is 6.04 Å². The van der Waals surface area contributed by atoms with Gasteiger partial charge in [-0.2, -0.15) is 18.3 Å². The molecule has 0 N–H and O–H groups in total. The number of ether oxygens (including phenoxy) is 1. The van der Waals surface area contributed by atoms with Gasteiger partial charge in [-0.3, -0.25) is 9.88 Å². The van der Waals surface area contributed by atoms with Gasteiger partial charge in [-0.05, 0) is 51.7 Å². The van der Waals surface area contributed by atoms with Crippen molar-refractivity contribution in [2.24, 2.45) is 0 Å². The molecule has 1 saturated heterocycles. The average Bonchev–Trinajstić information content (AvgIpc) is 3.28. The van der Waals surface area contributed by atoms with Crippen molar-refractivity contribution in [2.75, 3.05) is 26.3 Å². The summed E-state index contributed by atoms with van der Waals surface area (Å²) in [5.41, 5.74) is -0.405. The molecular weight excluding hydrogens is 395 g/mol. The molecule has 2 aliphatic rings. The second kappa shape index (κ2) is 8.63. The van der Waals surface area contributed by atoms with E-state index in [1.807, 2.05) is 18.5 Å². The van der Waals surface area contributed by atoms with Crippen molar-refractivity contribution >= 4 is 0 Å². The van der Waals surface area contributed by atoms with Crippen LogP contribution < -0.4 is 0 Å². The summed E-state index contributed by atoms with van der Waals surface area (Å²) in [4.78, 5) is 10.8. The highest BCUT2D eigenvalue weighted by atomic mass is 19.4. The predicted octanol–water partition coefficient (Wildman–Crippen LogP) is 4.30. The molecule has 164 valence electrons. The third-order valence-corrected chi connectivity index (χ3v) is 6.00. The molecule has 0 radical (unpaired) electrons. The summed E-state index contributed by atoms with van der Waals surface area (Å²) < 4.78 is 45.9. The first-order valence-electron chi connectivity index (χ1n) is 10.6. The Balaban J connectivity index is 1.54. The highest BCUT2D eigenvalue weighted by Gasteiger charge is 2.35.